The van der Waals surface area contributed by atoms with Crippen LogP contribution in [0.5, 0.6) is 0 Å². The standard InChI is InChI=1S/C11H10BrIO/c1-3-11(2,7-14)8-4-5-9(12)10(13)6-8/h3-7H,1H2,2H3/t11-/m0/s1. The number of rotatable bonds is 3. The Morgan fingerprint density at radius 1 is 1.57 bits per heavy atom. The molecule has 0 saturated carbocycles. The lowest BCUT2D eigenvalue weighted by Crippen LogP contribution is -2.20. The average Bonchev–Trinajstić information content (AvgIpc) is 2.21. The highest BCUT2D eigenvalue weighted by Crippen LogP contribution is 2.27. The molecule has 0 radical (unpaired) electrons. The molecule has 14 heavy (non-hydrogen) atoms. The van der Waals surface area contributed by atoms with Gasteiger partial charge in [-0.3, -0.25) is 0 Å². The summed E-state index contributed by atoms with van der Waals surface area (Å²) in [7, 11) is 0. The average molecular weight is 365 g/mol. The van der Waals surface area contributed by atoms with E-state index in [0.717, 1.165) is 19.9 Å². The minimum atomic E-state index is -0.583. The number of benzene rings is 1. The second kappa shape index (κ2) is 4.57. The fraction of sp³-hybridized carbons (Fsp3) is 0.182. The summed E-state index contributed by atoms with van der Waals surface area (Å²) in [6.45, 7) is 5.54. The van der Waals surface area contributed by atoms with E-state index >= 15 is 0 Å². The number of halogens is 2. The van der Waals surface area contributed by atoms with Crippen LogP contribution in [-0.2, 0) is 10.2 Å². The first-order chi connectivity index (χ1) is 6.53. The zero-order valence-corrected chi connectivity index (χ0v) is 11.5. The molecule has 0 aliphatic rings. The molecular weight excluding hydrogens is 355 g/mol. The molecule has 0 saturated heterocycles. The molecule has 0 aliphatic heterocycles. The maximum Gasteiger partial charge on any atom is 0.134 e. The number of allylic oxidation sites excluding steroid dienone is 1. The molecule has 1 atom stereocenters. The van der Waals surface area contributed by atoms with Gasteiger partial charge in [0.15, 0.2) is 0 Å². The van der Waals surface area contributed by atoms with E-state index in [1.54, 1.807) is 6.08 Å². The number of hydrogen-bond acceptors (Lipinski definition) is 1. The SMILES string of the molecule is C=C[C@@](C)(C=O)c1ccc(Br)c(I)c1. The summed E-state index contributed by atoms with van der Waals surface area (Å²) in [5, 5.41) is 0. The molecule has 0 unspecified atom stereocenters. The predicted molar refractivity (Wildman–Crippen MR) is 70.5 cm³/mol. The van der Waals surface area contributed by atoms with Gasteiger partial charge in [0.25, 0.3) is 0 Å². The van der Waals surface area contributed by atoms with Gasteiger partial charge in [-0.15, -0.1) is 6.58 Å². The summed E-state index contributed by atoms with van der Waals surface area (Å²) in [5.74, 6) is 0. The Kier molecular flexibility index (Phi) is 3.89. The van der Waals surface area contributed by atoms with Gasteiger partial charge in [0.05, 0.1) is 5.41 Å². The molecule has 0 N–H and O–H groups in total. The molecule has 0 bridgehead atoms. The molecule has 0 fully saturated rings. The number of hydrogen-bond donors (Lipinski definition) is 0. The summed E-state index contributed by atoms with van der Waals surface area (Å²) >= 11 is 5.64. The van der Waals surface area contributed by atoms with Gasteiger partial charge in [-0.25, -0.2) is 0 Å². The van der Waals surface area contributed by atoms with Gasteiger partial charge in [0.1, 0.15) is 6.29 Å². The van der Waals surface area contributed by atoms with Crippen LogP contribution in [0.25, 0.3) is 0 Å². The summed E-state index contributed by atoms with van der Waals surface area (Å²) in [6.07, 6.45) is 2.58. The lowest BCUT2D eigenvalue weighted by atomic mass is 9.84. The number of carbonyl (C=O) groups excluding carboxylic acids is 1. The Bertz CT molecular complexity index is 366. The van der Waals surface area contributed by atoms with E-state index in [1.807, 2.05) is 25.1 Å². The summed E-state index contributed by atoms with van der Waals surface area (Å²) < 4.78 is 2.13. The van der Waals surface area contributed by atoms with Gasteiger partial charge in [0.2, 0.25) is 0 Å². The van der Waals surface area contributed by atoms with Crippen molar-refractivity contribution >= 4 is 44.8 Å². The Hall–Kier alpha value is -0.160. The Morgan fingerprint density at radius 3 is 2.64 bits per heavy atom. The monoisotopic (exact) mass is 364 g/mol. The second-order valence-electron chi connectivity index (χ2n) is 3.23. The normalized spacial score (nSPS) is 14.5. The largest absolute Gasteiger partial charge is 0.302 e. The molecular formula is C11H10BrIO. The van der Waals surface area contributed by atoms with Gasteiger partial charge in [-0.2, -0.15) is 0 Å². The molecule has 74 valence electrons. The zero-order chi connectivity index (χ0) is 10.8. The van der Waals surface area contributed by atoms with Crippen LogP contribution in [0.1, 0.15) is 12.5 Å². The van der Waals surface area contributed by atoms with Crippen LogP contribution in [-0.4, -0.2) is 6.29 Å². The molecule has 0 aromatic heterocycles. The molecule has 1 rings (SSSR count). The Balaban J connectivity index is 3.25. The van der Waals surface area contributed by atoms with Crippen molar-refractivity contribution in [3.63, 3.8) is 0 Å². The van der Waals surface area contributed by atoms with Crippen molar-refractivity contribution in [2.24, 2.45) is 0 Å². The quantitative estimate of drug-likeness (QED) is 0.454. The highest BCUT2D eigenvalue weighted by molar-refractivity contribution is 14.1. The molecule has 0 aliphatic carbocycles. The van der Waals surface area contributed by atoms with Crippen molar-refractivity contribution in [2.45, 2.75) is 12.3 Å². The van der Waals surface area contributed by atoms with Crippen molar-refractivity contribution < 1.29 is 4.79 Å². The third kappa shape index (κ3) is 2.25. The van der Waals surface area contributed by atoms with Crippen LogP contribution < -0.4 is 0 Å². The van der Waals surface area contributed by atoms with E-state index in [2.05, 4.69) is 45.1 Å². The van der Waals surface area contributed by atoms with E-state index in [4.69, 9.17) is 0 Å². The first-order valence-corrected chi connectivity index (χ1v) is 5.96. The molecule has 0 spiro atoms. The van der Waals surface area contributed by atoms with Crippen LogP contribution in [0.4, 0.5) is 0 Å². The Morgan fingerprint density at radius 2 is 2.21 bits per heavy atom. The second-order valence-corrected chi connectivity index (χ2v) is 5.25. The topological polar surface area (TPSA) is 17.1 Å². The van der Waals surface area contributed by atoms with Crippen LogP contribution >= 0.6 is 38.5 Å². The Labute approximate surface area is 106 Å². The molecule has 1 nitrogen and oxygen atoms in total. The smallest absolute Gasteiger partial charge is 0.134 e. The van der Waals surface area contributed by atoms with Crippen LogP contribution in [0.3, 0.4) is 0 Å². The lowest BCUT2D eigenvalue weighted by Gasteiger charge is -2.19. The van der Waals surface area contributed by atoms with Crippen LogP contribution in [0.2, 0.25) is 0 Å². The fourth-order valence-electron chi connectivity index (χ4n) is 1.07. The van der Waals surface area contributed by atoms with E-state index in [9.17, 15) is 4.79 Å². The molecule has 1 aromatic rings. The van der Waals surface area contributed by atoms with E-state index in [1.165, 1.54) is 0 Å². The molecule has 0 heterocycles. The van der Waals surface area contributed by atoms with E-state index in [0.29, 0.717) is 0 Å². The highest BCUT2D eigenvalue weighted by atomic mass is 127. The van der Waals surface area contributed by atoms with E-state index < -0.39 is 5.41 Å². The highest BCUT2D eigenvalue weighted by Gasteiger charge is 2.22. The minimum Gasteiger partial charge on any atom is -0.302 e. The van der Waals surface area contributed by atoms with Crippen molar-refractivity contribution in [2.75, 3.05) is 0 Å². The number of carbonyl (C=O) groups is 1. The fourth-order valence-corrected chi connectivity index (χ4v) is 1.83. The van der Waals surface area contributed by atoms with Gasteiger partial charge >= 0.3 is 0 Å². The zero-order valence-electron chi connectivity index (χ0n) is 7.76. The molecule has 1 aromatic carbocycles. The summed E-state index contributed by atoms with van der Waals surface area (Å²) in [5.41, 5.74) is 0.385. The van der Waals surface area contributed by atoms with E-state index in [-0.39, 0.29) is 0 Å². The molecule has 0 amide bonds. The van der Waals surface area contributed by atoms with Crippen molar-refractivity contribution in [3.8, 4) is 0 Å². The first kappa shape index (κ1) is 11.9. The summed E-state index contributed by atoms with van der Waals surface area (Å²) in [4.78, 5) is 11.0. The van der Waals surface area contributed by atoms with Gasteiger partial charge in [0, 0.05) is 8.04 Å². The van der Waals surface area contributed by atoms with Gasteiger partial charge in [-0.1, -0.05) is 12.1 Å². The van der Waals surface area contributed by atoms with Crippen LogP contribution in [0, 0.1) is 3.57 Å². The van der Waals surface area contributed by atoms with Gasteiger partial charge in [-0.05, 0) is 63.1 Å². The van der Waals surface area contributed by atoms with Crippen LogP contribution in [0.15, 0.2) is 35.3 Å². The lowest BCUT2D eigenvalue weighted by molar-refractivity contribution is -0.110. The summed E-state index contributed by atoms with van der Waals surface area (Å²) in [6, 6.07) is 5.87. The third-order valence-corrected chi connectivity index (χ3v) is 4.54. The third-order valence-electron chi connectivity index (χ3n) is 2.21. The predicted octanol–water partition coefficient (Wildman–Crippen LogP) is 3.70. The number of aldehydes is 1. The van der Waals surface area contributed by atoms with Crippen molar-refractivity contribution in [3.05, 3.63) is 44.5 Å². The maximum absolute atomic E-state index is 11.0. The van der Waals surface area contributed by atoms with Crippen molar-refractivity contribution in [1.29, 1.82) is 0 Å². The van der Waals surface area contributed by atoms with Crippen molar-refractivity contribution in [1.82, 2.24) is 0 Å². The van der Waals surface area contributed by atoms with Gasteiger partial charge < -0.3 is 4.79 Å². The maximum atomic E-state index is 11.0. The molecule has 3 heteroatoms. The minimum absolute atomic E-state index is 0.583. The first-order valence-electron chi connectivity index (χ1n) is 4.09.